The van der Waals surface area contributed by atoms with Gasteiger partial charge in [0.1, 0.15) is 0 Å². The highest BCUT2D eigenvalue weighted by atomic mass is 16.5. The molecule has 0 aromatic heterocycles. The Labute approximate surface area is 154 Å². The van der Waals surface area contributed by atoms with Gasteiger partial charge in [-0.3, -0.25) is 9.59 Å². The van der Waals surface area contributed by atoms with E-state index in [1.54, 1.807) is 0 Å². The molecule has 2 aliphatic carbocycles. The summed E-state index contributed by atoms with van der Waals surface area (Å²) in [6.45, 7) is 2.05. The Kier molecular flexibility index (Phi) is 4.68. The molecule has 1 saturated heterocycles. The van der Waals surface area contributed by atoms with Crippen molar-refractivity contribution in [1.82, 2.24) is 0 Å². The fraction of sp³-hybridized carbons (Fsp3) is 0.429. The van der Waals surface area contributed by atoms with Gasteiger partial charge in [-0.2, -0.15) is 0 Å². The molecule has 0 bridgehead atoms. The molecule has 5 heteroatoms. The minimum absolute atomic E-state index is 0.0144. The van der Waals surface area contributed by atoms with Gasteiger partial charge < -0.3 is 9.68 Å². The molecule has 1 N–H and O–H groups in total. The van der Waals surface area contributed by atoms with Crippen LogP contribution in [0.2, 0.25) is 6.32 Å². The first kappa shape index (κ1) is 17.4. The maximum atomic E-state index is 12.5. The Hall–Kier alpha value is -1.98. The molecular weight excluding hydrogens is 327 g/mol. The maximum Gasteiger partial charge on any atom is 0.455 e. The van der Waals surface area contributed by atoms with Gasteiger partial charge in [-0.05, 0) is 61.7 Å². The van der Waals surface area contributed by atoms with Crippen LogP contribution in [0, 0.1) is 17.8 Å². The van der Waals surface area contributed by atoms with Crippen molar-refractivity contribution in [1.29, 1.82) is 0 Å². The second-order valence-corrected chi connectivity index (χ2v) is 7.66. The quantitative estimate of drug-likeness (QED) is 0.673. The molecule has 0 spiro atoms. The van der Waals surface area contributed by atoms with Gasteiger partial charge in [0.2, 0.25) is 0 Å². The van der Waals surface area contributed by atoms with Crippen LogP contribution < -0.4 is 0 Å². The van der Waals surface area contributed by atoms with Crippen molar-refractivity contribution < 1.29 is 19.3 Å². The molecule has 26 heavy (non-hydrogen) atoms. The highest BCUT2D eigenvalue weighted by molar-refractivity contribution is 6.43. The maximum absolute atomic E-state index is 12.5. The van der Waals surface area contributed by atoms with Crippen molar-refractivity contribution in [3.63, 3.8) is 0 Å². The van der Waals surface area contributed by atoms with Crippen molar-refractivity contribution in [2.45, 2.75) is 38.6 Å². The van der Waals surface area contributed by atoms with Crippen molar-refractivity contribution in [3.8, 4) is 0 Å². The third-order valence-electron chi connectivity index (χ3n) is 6.05. The first-order chi connectivity index (χ1) is 12.5. The van der Waals surface area contributed by atoms with E-state index in [-0.39, 0.29) is 35.4 Å². The predicted molar refractivity (Wildman–Crippen MR) is 99.4 cm³/mol. The normalized spacial score (nSPS) is 31.1. The molecule has 4 rings (SSSR count). The molecule has 4 nitrogen and oxygen atoms in total. The lowest BCUT2D eigenvalue weighted by Crippen LogP contribution is -2.49. The average Bonchev–Trinajstić information content (AvgIpc) is 2.63. The summed E-state index contributed by atoms with van der Waals surface area (Å²) in [6.07, 6.45) is 5.27. The van der Waals surface area contributed by atoms with Crippen LogP contribution in [0.4, 0.5) is 0 Å². The fourth-order valence-corrected chi connectivity index (χ4v) is 4.93. The Bertz CT molecular complexity index is 782. The molecule has 1 aromatic rings. The highest BCUT2D eigenvalue weighted by Crippen LogP contribution is 2.48. The van der Waals surface area contributed by atoms with Gasteiger partial charge in [-0.1, -0.05) is 35.9 Å². The Balaban J connectivity index is 1.62. The van der Waals surface area contributed by atoms with Gasteiger partial charge in [0.15, 0.2) is 11.6 Å². The number of carbonyl (C=O) groups excluding carboxylic acids is 2. The van der Waals surface area contributed by atoms with E-state index >= 15 is 0 Å². The number of fused-ring (bicyclic) bond motifs is 3. The summed E-state index contributed by atoms with van der Waals surface area (Å²) in [4.78, 5) is 24.9. The molecule has 0 radical (unpaired) electrons. The zero-order chi connectivity index (χ0) is 18.3. The first-order valence-electron chi connectivity index (χ1n) is 9.37. The largest absolute Gasteiger partial charge is 0.455 e. The van der Waals surface area contributed by atoms with Crippen LogP contribution in [0.1, 0.15) is 25.3 Å². The van der Waals surface area contributed by atoms with Gasteiger partial charge >= 0.3 is 7.12 Å². The lowest BCUT2D eigenvalue weighted by molar-refractivity contribution is -0.131. The van der Waals surface area contributed by atoms with Crippen LogP contribution in [0.5, 0.6) is 0 Å². The van der Waals surface area contributed by atoms with Crippen LogP contribution >= 0.6 is 0 Å². The topological polar surface area (TPSA) is 63.6 Å². The number of carbonyl (C=O) groups is 2. The summed E-state index contributed by atoms with van der Waals surface area (Å²) in [5.74, 6) is -0.666. The lowest BCUT2D eigenvalue weighted by atomic mass is 9.56. The number of hydrogen-bond acceptors (Lipinski definition) is 4. The number of benzene rings is 1. The minimum atomic E-state index is -0.884. The van der Waals surface area contributed by atoms with Gasteiger partial charge in [0, 0.05) is 11.8 Å². The van der Waals surface area contributed by atoms with E-state index in [4.69, 9.17) is 4.65 Å². The third-order valence-corrected chi connectivity index (χ3v) is 6.05. The number of rotatable bonds is 3. The molecule has 1 fully saturated rings. The number of allylic oxidation sites excluding steroid dienone is 3. The molecule has 1 aromatic carbocycles. The Morgan fingerprint density at radius 3 is 2.62 bits per heavy atom. The summed E-state index contributed by atoms with van der Waals surface area (Å²) in [5.41, 5.74) is 3.52. The average molecular weight is 350 g/mol. The second kappa shape index (κ2) is 6.97. The van der Waals surface area contributed by atoms with Gasteiger partial charge in [-0.15, -0.1) is 0 Å². The monoisotopic (exact) mass is 350 g/mol. The van der Waals surface area contributed by atoms with Crippen molar-refractivity contribution in [2.24, 2.45) is 17.8 Å². The minimum Gasteiger partial charge on any atom is -0.427 e. The first-order valence-corrected chi connectivity index (χ1v) is 9.37. The van der Waals surface area contributed by atoms with Crippen molar-refractivity contribution in [2.75, 3.05) is 0 Å². The van der Waals surface area contributed by atoms with Crippen LogP contribution in [0.25, 0.3) is 0 Å². The molecular formula is C21H23BO4. The molecule has 1 heterocycles. The number of aryl methyl sites for hydroxylation is 1. The summed E-state index contributed by atoms with van der Waals surface area (Å²) in [7, 11) is -0.884. The molecule has 3 aliphatic rings. The Morgan fingerprint density at radius 1 is 1.12 bits per heavy atom. The zero-order valence-corrected chi connectivity index (χ0v) is 14.9. The molecule has 134 valence electrons. The van der Waals surface area contributed by atoms with E-state index in [2.05, 4.69) is 12.1 Å². The van der Waals surface area contributed by atoms with Crippen LogP contribution in [-0.4, -0.2) is 29.8 Å². The van der Waals surface area contributed by atoms with Gasteiger partial charge in [-0.25, -0.2) is 0 Å². The number of hydrogen-bond donors (Lipinski definition) is 1. The van der Waals surface area contributed by atoms with E-state index in [1.807, 2.05) is 25.1 Å². The number of ketones is 2. The molecule has 4 atom stereocenters. The lowest BCUT2D eigenvalue weighted by Gasteiger charge is -2.45. The summed E-state index contributed by atoms with van der Waals surface area (Å²) in [5, 5.41) is 10.3. The van der Waals surface area contributed by atoms with E-state index in [0.29, 0.717) is 12.7 Å². The van der Waals surface area contributed by atoms with Crippen LogP contribution in [-0.2, 0) is 20.7 Å². The summed E-state index contributed by atoms with van der Waals surface area (Å²) < 4.78 is 5.87. The summed E-state index contributed by atoms with van der Waals surface area (Å²) >= 11 is 0. The smallest absolute Gasteiger partial charge is 0.427 e. The van der Waals surface area contributed by atoms with Gasteiger partial charge in [0.05, 0.1) is 6.10 Å². The summed E-state index contributed by atoms with van der Waals surface area (Å²) in [6, 6.07) is 10.2. The van der Waals surface area contributed by atoms with E-state index in [0.717, 1.165) is 24.0 Å². The molecule has 1 aliphatic heterocycles. The van der Waals surface area contributed by atoms with E-state index in [9.17, 15) is 14.6 Å². The fourth-order valence-electron chi connectivity index (χ4n) is 4.93. The second-order valence-electron chi connectivity index (χ2n) is 7.66. The zero-order valence-electron chi connectivity index (χ0n) is 14.9. The third kappa shape index (κ3) is 3.10. The molecule has 0 saturated carbocycles. The van der Waals surface area contributed by atoms with Crippen LogP contribution in [0.3, 0.4) is 0 Å². The van der Waals surface area contributed by atoms with E-state index in [1.165, 1.54) is 17.7 Å². The van der Waals surface area contributed by atoms with Crippen molar-refractivity contribution >= 4 is 18.7 Å². The van der Waals surface area contributed by atoms with Crippen LogP contribution in [0.15, 0.2) is 53.6 Å². The molecule has 0 amide bonds. The molecule has 0 unspecified atom stereocenters. The standard InChI is InChI=1S/C21H23BO4/c1-13-11-15-17(23)8-9-18(24)21(15)16-12-22(25)26-19(20(13)16)10-7-14-5-3-2-4-6-14/h2-6,8-9,15-16,19,21,25H,7,10-12H2,1H3/t15-,16-,19+,21+/m0/s1. The van der Waals surface area contributed by atoms with Crippen molar-refractivity contribution in [3.05, 3.63) is 59.2 Å². The Morgan fingerprint density at radius 2 is 1.85 bits per heavy atom. The highest BCUT2D eigenvalue weighted by Gasteiger charge is 2.50. The van der Waals surface area contributed by atoms with E-state index < -0.39 is 7.12 Å². The predicted octanol–water partition coefficient (Wildman–Crippen LogP) is 2.78. The van der Waals surface area contributed by atoms with Gasteiger partial charge in [0.25, 0.3) is 0 Å². The SMILES string of the molecule is CC1=C2[C@@H](CCc3ccccc3)OB(O)C[C@@H]2[C@@H]2C(=O)C=CC(=O)[C@@H]2C1.